The first-order valence-corrected chi connectivity index (χ1v) is 49.5. The Morgan fingerprint density at radius 3 is 1.16 bits per heavy atom. The number of rotatable bonds is 11. The second-order valence-corrected chi connectivity index (χ2v) is 37.8. The summed E-state index contributed by atoms with van der Waals surface area (Å²) in [7, 11) is 0. The van der Waals surface area contributed by atoms with Crippen LogP contribution in [-0.2, 0) is 5.41 Å². The van der Waals surface area contributed by atoms with Gasteiger partial charge in [0.05, 0.1) is 67.3 Å². The second-order valence-electron chi connectivity index (χ2n) is 37.8. The lowest BCUT2D eigenvalue weighted by Crippen LogP contribution is -2.15. The Hall–Kier alpha value is -19.6. The molecule has 0 fully saturated rings. The summed E-state index contributed by atoms with van der Waals surface area (Å²) in [5.74, 6) is 0.724. The molecule has 0 amide bonds. The van der Waals surface area contributed by atoms with Crippen molar-refractivity contribution in [2.24, 2.45) is 0 Å². The molecule has 9 aromatic heterocycles. The lowest BCUT2D eigenvalue weighted by Gasteiger charge is -2.22. The Morgan fingerprint density at radius 2 is 0.565 bits per heavy atom. The van der Waals surface area contributed by atoms with Crippen LogP contribution in [0.4, 0.5) is 0 Å². The van der Waals surface area contributed by atoms with Crippen LogP contribution in [0.3, 0.4) is 0 Å². The van der Waals surface area contributed by atoms with E-state index in [0.717, 1.165) is 255 Å². The van der Waals surface area contributed by atoms with E-state index in [4.69, 9.17) is 52.6 Å². The number of hydrogen-bond donors (Lipinski definition) is 0. The minimum atomic E-state index is -0.145. The number of para-hydroxylation sites is 9. The van der Waals surface area contributed by atoms with Gasteiger partial charge in [-0.3, -0.25) is 4.98 Å². The highest BCUT2D eigenvalue weighted by molar-refractivity contribution is 6.14. The van der Waals surface area contributed by atoms with Crippen LogP contribution in [0, 0.1) is 0 Å². The third-order valence-electron chi connectivity index (χ3n) is 28.5. The quantitative estimate of drug-likeness (QED) is 0.121. The average molecular weight is 1880 g/mol. The normalized spacial score (nSPS) is 12.1. The van der Waals surface area contributed by atoms with Gasteiger partial charge >= 0.3 is 0 Å². The number of aromatic nitrogens is 8. The largest absolute Gasteiger partial charge is 0.456 e. The van der Waals surface area contributed by atoms with Gasteiger partial charge in [-0.05, 0) is 188 Å². The van der Waals surface area contributed by atoms with Crippen LogP contribution in [-0.4, -0.2) is 39.9 Å². The molecule has 0 atom stereocenters. The van der Waals surface area contributed by atoms with Crippen molar-refractivity contribution in [3.8, 4) is 135 Å². The van der Waals surface area contributed by atoms with E-state index in [2.05, 4.69) is 310 Å². The first kappa shape index (κ1) is 86.5. The predicted molar refractivity (Wildman–Crippen MR) is 602 cm³/mol. The molecule has 0 saturated carbocycles. The van der Waals surface area contributed by atoms with Crippen molar-refractivity contribution in [3.63, 3.8) is 0 Å². The van der Waals surface area contributed by atoms with E-state index in [0.29, 0.717) is 0 Å². The molecule has 0 aliphatic heterocycles. The van der Waals surface area contributed by atoms with Gasteiger partial charge in [-0.25, -0.2) is 34.9 Å². The highest BCUT2D eigenvalue weighted by Gasteiger charge is 2.37. The molecule has 1 aliphatic rings. The first-order chi connectivity index (χ1) is 72.6. The molecule has 1 aliphatic carbocycles. The van der Waals surface area contributed by atoms with Crippen LogP contribution in [0.1, 0.15) is 25.0 Å². The monoisotopic (exact) mass is 1880 g/mol. The molecule has 0 spiro atoms. The van der Waals surface area contributed by atoms with Crippen molar-refractivity contribution >= 4 is 142 Å². The maximum absolute atomic E-state index is 6.46. The van der Waals surface area contributed by atoms with Crippen molar-refractivity contribution in [1.29, 1.82) is 0 Å². The summed E-state index contributed by atoms with van der Waals surface area (Å²) in [6.07, 6.45) is 1.82. The third kappa shape index (κ3) is 15.7. The standard InChI is InChI=1S/C39H26N2O.C38H24N2O.C32H20N2O.C26H16N2O/c1-39(2)31-22-25(18-19-26(31)30-20-23-10-3-4-11-24(23)21-32(30)39)36-37(41-34-16-7-6-15-33(34)40-36)29-14-9-13-28-27-12-5-8-17-35(27)42-38(28)29;1-3-10-25(11-4-1)37-33-21-19-29(23-34(33)39-38(40-37)26-12-5-2-6-13-26)27-14-9-15-28(22-27)30-18-20-32-31-16-7-8-17-35(31)41-36(32)24-30;1-3-10-21(11-4-1)30-31(22-12-5-2-6-13-22)34-28-20-23(18-19-27(28)33-30)24-15-9-16-26-25-14-7-8-17-29(25)35-32(24)26;1-2-8-17(9-3-1)25-20-13-7-15-27-22(20)16-23(28-25)21-12-6-11-19-18-10-4-5-14-24(18)29-26(19)21/h3-22H,1-2H3;1-24H;1-20H;1-16H. The van der Waals surface area contributed by atoms with Gasteiger partial charge < -0.3 is 17.7 Å². The van der Waals surface area contributed by atoms with Crippen molar-refractivity contribution in [1.82, 2.24) is 39.9 Å². The summed E-state index contributed by atoms with van der Waals surface area (Å²) >= 11 is 0. The van der Waals surface area contributed by atoms with Gasteiger partial charge in [0.2, 0.25) is 0 Å². The highest BCUT2D eigenvalue weighted by atomic mass is 16.3. The third-order valence-corrected chi connectivity index (χ3v) is 28.5. The number of fused-ring (bicyclic) bond motifs is 20. The highest BCUT2D eigenvalue weighted by Crippen LogP contribution is 2.53. The van der Waals surface area contributed by atoms with E-state index in [9.17, 15) is 0 Å². The molecule has 0 N–H and O–H groups in total. The van der Waals surface area contributed by atoms with Gasteiger partial charge in [0.15, 0.2) is 5.82 Å². The lowest BCUT2D eigenvalue weighted by atomic mass is 9.81. The van der Waals surface area contributed by atoms with Gasteiger partial charge in [0.25, 0.3) is 0 Å². The van der Waals surface area contributed by atoms with Crippen molar-refractivity contribution in [2.75, 3.05) is 0 Å². The van der Waals surface area contributed by atoms with E-state index in [-0.39, 0.29) is 5.41 Å². The van der Waals surface area contributed by atoms with Gasteiger partial charge in [-0.2, -0.15) is 0 Å². The molecule has 12 heteroatoms. The Balaban J connectivity index is 0.0000000978. The van der Waals surface area contributed by atoms with Crippen molar-refractivity contribution in [2.45, 2.75) is 19.3 Å². The molecule has 690 valence electrons. The molecular formula is C135H86N8O4. The van der Waals surface area contributed by atoms with Gasteiger partial charge in [0.1, 0.15) is 50.4 Å². The van der Waals surface area contributed by atoms with Crippen LogP contribution < -0.4 is 0 Å². The van der Waals surface area contributed by atoms with Crippen LogP contribution in [0.25, 0.3) is 277 Å². The van der Waals surface area contributed by atoms with Gasteiger partial charge in [-0.15, -0.1) is 0 Å². The summed E-state index contributed by atoms with van der Waals surface area (Å²) < 4.78 is 25.1. The van der Waals surface area contributed by atoms with E-state index in [1.54, 1.807) is 0 Å². The second kappa shape index (κ2) is 36.2. The van der Waals surface area contributed by atoms with Crippen LogP contribution in [0.2, 0.25) is 0 Å². The molecule has 0 bridgehead atoms. The minimum Gasteiger partial charge on any atom is -0.456 e. The Labute approximate surface area is 844 Å². The molecule has 12 nitrogen and oxygen atoms in total. The summed E-state index contributed by atoms with van der Waals surface area (Å²) in [4.78, 5) is 40.4. The minimum absolute atomic E-state index is 0.145. The number of nitrogens with zero attached hydrogens (tertiary/aromatic N) is 8. The zero-order valence-electron chi connectivity index (χ0n) is 79.9. The van der Waals surface area contributed by atoms with Crippen LogP contribution in [0.15, 0.2) is 503 Å². The summed E-state index contributed by atoms with van der Waals surface area (Å²) in [6.45, 7) is 4.66. The number of benzene rings is 20. The Kier molecular flexibility index (Phi) is 21.3. The first-order valence-electron chi connectivity index (χ1n) is 49.5. The lowest BCUT2D eigenvalue weighted by molar-refractivity contribution is 0.661. The summed E-state index contributed by atoms with van der Waals surface area (Å²) in [5.41, 5.74) is 38.5. The average Bonchev–Trinajstić information content (AvgIpc) is 1.56. The Morgan fingerprint density at radius 1 is 0.177 bits per heavy atom. The molecule has 29 aromatic rings. The molecule has 0 radical (unpaired) electrons. The van der Waals surface area contributed by atoms with Crippen molar-refractivity contribution in [3.05, 3.63) is 497 Å². The van der Waals surface area contributed by atoms with Crippen LogP contribution in [0.5, 0.6) is 0 Å². The fraction of sp³-hybridized carbons (Fsp3) is 0.0222. The molecule has 30 rings (SSSR count). The SMILES string of the molecule is CC1(C)c2cc(-c3nc4ccccc4nc3-c3cccc4c3oc3ccccc34)ccc2-c2cc3ccccc3cc21.c1ccc(-c2nc(-c3cccc4c3oc3ccccc34)cc3ncccc23)cc1.c1ccc(-c2nc(-c3ccccc3)c3ccc(-c4cccc(-c5ccc6c(c5)oc5ccccc56)c4)cc3n2)cc1.c1ccc(-c2nc3ccc(-c4cccc5c4oc4ccccc45)cc3nc2-c2ccccc2)cc1. The maximum Gasteiger partial charge on any atom is 0.160 e. The predicted octanol–water partition coefficient (Wildman–Crippen LogP) is 35.9. The molecule has 0 unspecified atom stereocenters. The summed E-state index contributed by atoms with van der Waals surface area (Å²) in [6, 6.07) is 165. The number of furan rings is 4. The van der Waals surface area contributed by atoms with Gasteiger partial charge in [0, 0.05) is 116 Å². The maximum atomic E-state index is 6.46. The van der Waals surface area contributed by atoms with E-state index < -0.39 is 0 Å². The van der Waals surface area contributed by atoms with E-state index >= 15 is 0 Å². The van der Waals surface area contributed by atoms with E-state index in [1.165, 1.54) is 33.0 Å². The Bertz CT molecular complexity index is 10200. The van der Waals surface area contributed by atoms with Crippen LogP contribution >= 0.6 is 0 Å². The molecule has 9 heterocycles. The zero-order valence-corrected chi connectivity index (χ0v) is 79.9. The number of hydrogen-bond acceptors (Lipinski definition) is 12. The van der Waals surface area contributed by atoms with Gasteiger partial charge in [-0.1, -0.05) is 366 Å². The molecule has 20 aromatic carbocycles. The zero-order chi connectivity index (χ0) is 97.6. The smallest absolute Gasteiger partial charge is 0.160 e. The van der Waals surface area contributed by atoms with Crippen molar-refractivity contribution < 1.29 is 17.7 Å². The fourth-order valence-electron chi connectivity index (χ4n) is 21.3. The molecular weight excluding hydrogens is 1800 g/mol. The summed E-state index contributed by atoms with van der Waals surface area (Å²) in [5, 5.41) is 13.6. The topological polar surface area (TPSA) is 156 Å². The van der Waals surface area contributed by atoms with E-state index in [1.807, 2.05) is 194 Å². The molecule has 0 saturated heterocycles. The fourth-order valence-corrected chi connectivity index (χ4v) is 21.3. The number of pyridine rings is 2. The molecule has 147 heavy (non-hydrogen) atoms.